The quantitative estimate of drug-likeness (QED) is 0.583. The lowest BCUT2D eigenvalue weighted by Gasteiger charge is -2.25. The van der Waals surface area contributed by atoms with Gasteiger partial charge in [0, 0.05) is 25.3 Å². The van der Waals surface area contributed by atoms with Gasteiger partial charge in [0.25, 0.3) is 0 Å². The first-order valence-electron chi connectivity index (χ1n) is 11.1. The van der Waals surface area contributed by atoms with Crippen molar-refractivity contribution < 1.29 is 18.0 Å². The van der Waals surface area contributed by atoms with Gasteiger partial charge < -0.3 is 15.5 Å². The molecular formula is C24H32N4O4S. The van der Waals surface area contributed by atoms with Gasteiger partial charge in [0.2, 0.25) is 21.8 Å². The van der Waals surface area contributed by atoms with Crippen molar-refractivity contribution >= 4 is 27.5 Å². The number of amides is 2. The molecule has 1 saturated heterocycles. The van der Waals surface area contributed by atoms with Gasteiger partial charge in [-0.1, -0.05) is 30.7 Å². The van der Waals surface area contributed by atoms with Crippen LogP contribution in [-0.4, -0.2) is 63.2 Å². The molecule has 1 fully saturated rings. The monoisotopic (exact) mass is 472 g/mol. The largest absolute Gasteiger partial charge is 0.352 e. The SMILES string of the molecule is CN(C)CC(=O)Nc1cccc(CNC(=O)Cc2ccc(S(=O)(=O)N3CCCCC3)cc2)c1. The standard InChI is InChI=1S/C24H32N4O4S/c1-27(2)18-24(30)26-21-8-6-7-20(15-21)17-25-23(29)16-19-9-11-22(12-10-19)33(31,32)28-13-4-3-5-14-28/h6-12,15H,3-5,13-14,16-18H2,1-2H3,(H,25,29)(H,26,30). The molecule has 2 amide bonds. The summed E-state index contributed by atoms with van der Waals surface area (Å²) < 4.78 is 27.0. The predicted molar refractivity (Wildman–Crippen MR) is 128 cm³/mol. The summed E-state index contributed by atoms with van der Waals surface area (Å²) >= 11 is 0. The van der Waals surface area contributed by atoms with E-state index < -0.39 is 10.0 Å². The van der Waals surface area contributed by atoms with Crippen molar-refractivity contribution in [3.8, 4) is 0 Å². The summed E-state index contributed by atoms with van der Waals surface area (Å²) in [7, 11) is 0.179. The van der Waals surface area contributed by atoms with E-state index in [4.69, 9.17) is 0 Å². The zero-order valence-electron chi connectivity index (χ0n) is 19.2. The highest BCUT2D eigenvalue weighted by atomic mass is 32.2. The van der Waals surface area contributed by atoms with E-state index in [0.29, 0.717) is 31.9 Å². The van der Waals surface area contributed by atoms with Crippen LogP contribution in [0.25, 0.3) is 0 Å². The van der Waals surface area contributed by atoms with Crippen LogP contribution in [0.15, 0.2) is 53.4 Å². The van der Waals surface area contributed by atoms with E-state index in [2.05, 4.69) is 10.6 Å². The summed E-state index contributed by atoms with van der Waals surface area (Å²) in [5.41, 5.74) is 2.29. The fraction of sp³-hybridized carbons (Fsp3) is 0.417. The molecule has 2 aromatic rings. The molecule has 1 aliphatic heterocycles. The van der Waals surface area contributed by atoms with Crippen LogP contribution in [-0.2, 0) is 32.6 Å². The van der Waals surface area contributed by atoms with Crippen LogP contribution < -0.4 is 10.6 Å². The summed E-state index contributed by atoms with van der Waals surface area (Å²) in [6.45, 7) is 1.75. The van der Waals surface area contributed by atoms with Gasteiger partial charge in [-0.05, 0) is 62.3 Å². The van der Waals surface area contributed by atoms with Crippen molar-refractivity contribution in [1.29, 1.82) is 0 Å². The Morgan fingerprint density at radius 2 is 1.64 bits per heavy atom. The van der Waals surface area contributed by atoms with Crippen LogP contribution in [0.2, 0.25) is 0 Å². The Bertz CT molecular complexity index is 1060. The normalized spacial score (nSPS) is 14.8. The average molecular weight is 473 g/mol. The van der Waals surface area contributed by atoms with Gasteiger partial charge in [0.15, 0.2) is 0 Å². The molecule has 2 aromatic carbocycles. The Kier molecular flexibility index (Phi) is 8.60. The number of likely N-dealkylation sites (N-methyl/N-ethyl adjacent to an activating group) is 1. The Balaban J connectivity index is 1.52. The summed E-state index contributed by atoms with van der Waals surface area (Å²) in [6.07, 6.45) is 3.00. The summed E-state index contributed by atoms with van der Waals surface area (Å²) in [5, 5.41) is 5.71. The number of hydrogen-bond donors (Lipinski definition) is 2. The maximum absolute atomic E-state index is 12.7. The van der Waals surface area contributed by atoms with Crippen molar-refractivity contribution in [3.05, 3.63) is 59.7 Å². The molecule has 0 saturated carbocycles. The molecular weight excluding hydrogens is 440 g/mol. The lowest BCUT2D eigenvalue weighted by atomic mass is 10.1. The maximum Gasteiger partial charge on any atom is 0.243 e. The molecule has 0 spiro atoms. The molecule has 1 heterocycles. The molecule has 33 heavy (non-hydrogen) atoms. The maximum atomic E-state index is 12.7. The Morgan fingerprint density at radius 1 is 0.939 bits per heavy atom. The number of piperidine rings is 1. The van der Waals surface area contributed by atoms with Crippen molar-refractivity contribution in [1.82, 2.24) is 14.5 Å². The number of rotatable bonds is 9. The summed E-state index contributed by atoms with van der Waals surface area (Å²) in [6, 6.07) is 13.9. The van der Waals surface area contributed by atoms with E-state index in [1.807, 2.05) is 32.3 Å². The summed E-state index contributed by atoms with van der Waals surface area (Å²) in [4.78, 5) is 26.4. The van der Waals surface area contributed by atoms with Gasteiger partial charge in [-0.25, -0.2) is 8.42 Å². The molecule has 178 valence electrons. The fourth-order valence-electron chi connectivity index (χ4n) is 3.73. The number of hydrogen-bond acceptors (Lipinski definition) is 5. The average Bonchev–Trinajstić information content (AvgIpc) is 2.78. The highest BCUT2D eigenvalue weighted by molar-refractivity contribution is 7.89. The lowest BCUT2D eigenvalue weighted by Crippen LogP contribution is -2.35. The Morgan fingerprint density at radius 3 is 2.30 bits per heavy atom. The summed E-state index contributed by atoms with van der Waals surface area (Å²) in [5.74, 6) is -0.268. The van der Waals surface area contributed by atoms with E-state index in [0.717, 1.165) is 30.4 Å². The number of benzene rings is 2. The van der Waals surface area contributed by atoms with Crippen LogP contribution in [0.5, 0.6) is 0 Å². The van der Waals surface area contributed by atoms with Crippen LogP contribution in [0.3, 0.4) is 0 Å². The Labute approximate surface area is 196 Å². The zero-order chi connectivity index (χ0) is 23.8. The van der Waals surface area contributed by atoms with Crippen LogP contribution in [0.1, 0.15) is 30.4 Å². The van der Waals surface area contributed by atoms with Gasteiger partial charge in [-0.15, -0.1) is 0 Å². The molecule has 9 heteroatoms. The number of nitrogens with one attached hydrogen (secondary N) is 2. The van der Waals surface area contributed by atoms with E-state index in [-0.39, 0.29) is 23.1 Å². The third kappa shape index (κ3) is 7.38. The minimum atomic E-state index is -3.47. The highest BCUT2D eigenvalue weighted by Gasteiger charge is 2.25. The molecule has 0 unspecified atom stereocenters. The van der Waals surface area contributed by atoms with Gasteiger partial charge in [0.05, 0.1) is 17.9 Å². The second kappa shape index (κ2) is 11.4. The van der Waals surface area contributed by atoms with Crippen molar-refractivity contribution in [2.24, 2.45) is 0 Å². The minimum absolute atomic E-state index is 0.105. The van der Waals surface area contributed by atoms with Crippen molar-refractivity contribution in [2.75, 3.05) is 39.0 Å². The predicted octanol–water partition coefficient (Wildman–Crippen LogP) is 2.22. The number of carbonyl (C=O) groups excluding carboxylic acids is 2. The molecule has 0 aliphatic carbocycles. The van der Waals surface area contributed by atoms with Gasteiger partial charge in [-0.2, -0.15) is 4.31 Å². The van der Waals surface area contributed by atoms with Gasteiger partial charge in [-0.3, -0.25) is 9.59 Å². The second-order valence-corrected chi connectivity index (χ2v) is 10.5. The molecule has 0 atom stereocenters. The van der Waals surface area contributed by atoms with Gasteiger partial charge in [0.1, 0.15) is 0 Å². The van der Waals surface area contributed by atoms with E-state index in [9.17, 15) is 18.0 Å². The van der Waals surface area contributed by atoms with Crippen LogP contribution >= 0.6 is 0 Å². The second-order valence-electron chi connectivity index (χ2n) is 8.55. The zero-order valence-corrected chi connectivity index (χ0v) is 20.0. The molecule has 0 bridgehead atoms. The fourth-order valence-corrected chi connectivity index (χ4v) is 5.25. The first kappa shape index (κ1) is 24.9. The third-order valence-electron chi connectivity index (χ3n) is 5.40. The highest BCUT2D eigenvalue weighted by Crippen LogP contribution is 2.21. The van der Waals surface area contributed by atoms with Crippen molar-refractivity contribution in [3.63, 3.8) is 0 Å². The van der Waals surface area contributed by atoms with Crippen LogP contribution in [0.4, 0.5) is 5.69 Å². The Hall–Kier alpha value is -2.75. The molecule has 3 rings (SSSR count). The number of nitrogens with zero attached hydrogens (tertiary/aromatic N) is 2. The van der Waals surface area contributed by atoms with E-state index in [1.54, 1.807) is 35.2 Å². The molecule has 2 N–H and O–H groups in total. The number of anilines is 1. The lowest BCUT2D eigenvalue weighted by molar-refractivity contribution is -0.120. The molecule has 0 aromatic heterocycles. The van der Waals surface area contributed by atoms with Crippen molar-refractivity contribution in [2.45, 2.75) is 37.1 Å². The van der Waals surface area contributed by atoms with E-state index in [1.165, 1.54) is 4.31 Å². The smallest absolute Gasteiger partial charge is 0.243 e. The first-order valence-corrected chi connectivity index (χ1v) is 12.6. The minimum Gasteiger partial charge on any atom is -0.352 e. The van der Waals surface area contributed by atoms with Crippen LogP contribution in [0, 0.1) is 0 Å². The molecule has 8 nitrogen and oxygen atoms in total. The number of sulfonamides is 1. The third-order valence-corrected chi connectivity index (χ3v) is 7.31. The van der Waals surface area contributed by atoms with E-state index >= 15 is 0 Å². The first-order chi connectivity index (χ1) is 15.7. The molecule has 1 aliphatic rings. The topological polar surface area (TPSA) is 98.8 Å². The van der Waals surface area contributed by atoms with Gasteiger partial charge >= 0.3 is 0 Å². The molecule has 0 radical (unpaired) electrons. The number of carbonyl (C=O) groups is 2.